The number of methoxy groups -OCH3 is 1. The van der Waals surface area contributed by atoms with Gasteiger partial charge in [-0.15, -0.1) is 0 Å². The molecule has 0 atom stereocenters. The molecule has 1 heterocycles. The fraction of sp³-hybridized carbons (Fsp3) is 0.235. The number of benzene rings is 2. The minimum absolute atomic E-state index is 0.161. The number of nitrogens with one attached hydrogen (secondary N) is 1. The number of urea groups is 1. The van der Waals surface area contributed by atoms with Gasteiger partial charge in [0.15, 0.2) is 9.84 Å². The van der Waals surface area contributed by atoms with Crippen LogP contribution in [0.3, 0.4) is 0 Å². The second-order valence-electron chi connectivity index (χ2n) is 5.68. The average Bonchev–Trinajstić information content (AvgIpc) is 2.55. The van der Waals surface area contributed by atoms with E-state index in [1.54, 1.807) is 36.4 Å². The summed E-state index contributed by atoms with van der Waals surface area (Å²) in [5.41, 5.74) is 0.607. The Morgan fingerprint density at radius 3 is 2.28 bits per heavy atom. The molecule has 2 aromatic carbocycles. The number of hydrogen-bond donors (Lipinski definition) is 1. The molecule has 1 aliphatic heterocycles. The molecule has 3 rings (SSSR count). The van der Waals surface area contributed by atoms with Gasteiger partial charge in [-0.25, -0.2) is 13.2 Å². The second-order valence-corrected chi connectivity index (χ2v) is 8.35. The molecule has 0 aromatic heterocycles. The second kappa shape index (κ2) is 6.93. The van der Waals surface area contributed by atoms with Crippen LogP contribution in [0.15, 0.2) is 53.4 Å². The van der Waals surface area contributed by atoms with Crippen molar-refractivity contribution in [1.82, 2.24) is 4.90 Å². The van der Waals surface area contributed by atoms with Gasteiger partial charge in [-0.1, -0.05) is 11.6 Å². The van der Waals surface area contributed by atoms with Gasteiger partial charge >= 0.3 is 6.03 Å². The zero-order chi connectivity index (χ0) is 18.0. The normalized spacial score (nSPS) is 14.7. The van der Waals surface area contributed by atoms with Gasteiger partial charge in [-0.3, -0.25) is 0 Å². The summed E-state index contributed by atoms with van der Waals surface area (Å²) in [5.74, 6) is 0.594. The molecule has 1 saturated heterocycles. The van der Waals surface area contributed by atoms with Crippen LogP contribution in [-0.2, 0) is 9.84 Å². The van der Waals surface area contributed by atoms with Gasteiger partial charge in [0.2, 0.25) is 0 Å². The molecule has 6 nitrogen and oxygen atoms in total. The number of anilines is 1. The van der Waals surface area contributed by atoms with E-state index in [1.165, 1.54) is 24.1 Å². The Morgan fingerprint density at radius 1 is 1.12 bits per heavy atom. The molecular formula is C17H17ClN2O4S. The maximum atomic E-state index is 12.6. The summed E-state index contributed by atoms with van der Waals surface area (Å²) in [5, 5.41) is 2.69. The summed E-state index contributed by atoms with van der Waals surface area (Å²) >= 11 is 5.80. The van der Waals surface area contributed by atoms with Crippen molar-refractivity contribution >= 4 is 33.2 Å². The van der Waals surface area contributed by atoms with Crippen LogP contribution in [-0.4, -0.2) is 44.8 Å². The Hall–Kier alpha value is -2.25. The molecule has 2 amide bonds. The van der Waals surface area contributed by atoms with Crippen molar-refractivity contribution in [3.63, 3.8) is 0 Å². The minimum atomic E-state index is -3.47. The molecule has 2 aromatic rings. The van der Waals surface area contributed by atoms with E-state index in [0.29, 0.717) is 16.5 Å². The highest BCUT2D eigenvalue weighted by Crippen LogP contribution is 2.26. The van der Waals surface area contributed by atoms with Gasteiger partial charge in [-0.2, -0.15) is 0 Å². The molecule has 1 fully saturated rings. The molecule has 0 saturated carbocycles. The lowest BCUT2D eigenvalue weighted by atomic mass is 10.2. The van der Waals surface area contributed by atoms with Crippen LogP contribution in [0.1, 0.15) is 0 Å². The van der Waals surface area contributed by atoms with E-state index < -0.39 is 15.1 Å². The van der Waals surface area contributed by atoms with Gasteiger partial charge in [0.25, 0.3) is 0 Å². The number of hydrogen-bond acceptors (Lipinski definition) is 4. The van der Waals surface area contributed by atoms with Crippen LogP contribution in [0.2, 0.25) is 5.02 Å². The first kappa shape index (κ1) is 17.6. The van der Waals surface area contributed by atoms with Crippen molar-refractivity contribution in [3.05, 3.63) is 53.6 Å². The average molecular weight is 381 g/mol. The van der Waals surface area contributed by atoms with Gasteiger partial charge in [0.05, 0.1) is 12.0 Å². The molecule has 0 unspecified atom stereocenters. The van der Waals surface area contributed by atoms with Crippen LogP contribution in [0.5, 0.6) is 5.75 Å². The van der Waals surface area contributed by atoms with Gasteiger partial charge in [0, 0.05) is 23.8 Å². The molecule has 0 radical (unpaired) electrons. The predicted molar refractivity (Wildman–Crippen MR) is 96.0 cm³/mol. The number of carbonyl (C=O) groups excluding carboxylic acids is 1. The third kappa shape index (κ3) is 3.72. The molecule has 1 N–H and O–H groups in total. The number of carbonyl (C=O) groups is 1. The first-order valence-electron chi connectivity index (χ1n) is 7.59. The van der Waals surface area contributed by atoms with Crippen molar-refractivity contribution in [3.8, 4) is 5.75 Å². The quantitative estimate of drug-likeness (QED) is 0.884. The predicted octanol–water partition coefficient (Wildman–Crippen LogP) is 3.04. The molecular weight excluding hydrogens is 364 g/mol. The summed E-state index contributed by atoms with van der Waals surface area (Å²) in [6, 6.07) is 12.6. The van der Waals surface area contributed by atoms with Crippen molar-refractivity contribution in [1.29, 1.82) is 0 Å². The SMILES string of the molecule is COc1ccc(S(=O)(=O)C2CN(C(=O)Nc3ccc(Cl)cc3)C2)cc1. The maximum absolute atomic E-state index is 12.6. The molecule has 132 valence electrons. The van der Waals surface area contributed by atoms with E-state index in [1.807, 2.05) is 0 Å². The summed E-state index contributed by atoms with van der Waals surface area (Å²) in [4.78, 5) is 13.8. The van der Waals surface area contributed by atoms with E-state index in [4.69, 9.17) is 16.3 Å². The smallest absolute Gasteiger partial charge is 0.321 e. The highest BCUT2D eigenvalue weighted by atomic mass is 35.5. The summed E-state index contributed by atoms with van der Waals surface area (Å²) in [6.45, 7) is 0.321. The van der Waals surface area contributed by atoms with Crippen LogP contribution >= 0.6 is 11.6 Å². The Morgan fingerprint density at radius 2 is 1.72 bits per heavy atom. The third-order valence-corrected chi connectivity index (χ3v) is 6.41. The summed E-state index contributed by atoms with van der Waals surface area (Å²) < 4.78 is 30.2. The number of nitrogens with zero attached hydrogens (tertiary/aromatic N) is 1. The van der Waals surface area contributed by atoms with Gasteiger partial charge in [-0.05, 0) is 48.5 Å². The van der Waals surface area contributed by atoms with Crippen molar-refractivity contribution in [2.45, 2.75) is 10.1 Å². The van der Waals surface area contributed by atoms with Gasteiger partial charge in [0.1, 0.15) is 11.0 Å². The number of likely N-dealkylation sites (tertiary alicyclic amines) is 1. The number of halogens is 1. The number of rotatable bonds is 4. The molecule has 25 heavy (non-hydrogen) atoms. The first-order valence-corrected chi connectivity index (χ1v) is 9.52. The molecule has 0 bridgehead atoms. The molecule has 1 aliphatic rings. The first-order chi connectivity index (χ1) is 11.9. The minimum Gasteiger partial charge on any atom is -0.497 e. The standard InChI is InChI=1S/C17H17ClN2O4S/c1-24-14-6-8-15(9-7-14)25(22,23)16-10-20(11-16)17(21)19-13-4-2-12(18)3-5-13/h2-9,16H,10-11H2,1H3,(H,19,21). The van der Waals surface area contributed by atoms with Gasteiger partial charge < -0.3 is 15.0 Å². The lowest BCUT2D eigenvalue weighted by Crippen LogP contribution is -2.58. The van der Waals surface area contributed by atoms with E-state index in [2.05, 4.69) is 5.32 Å². The monoisotopic (exact) mass is 380 g/mol. The topological polar surface area (TPSA) is 75.7 Å². The van der Waals surface area contributed by atoms with Crippen LogP contribution in [0, 0.1) is 0 Å². The van der Waals surface area contributed by atoms with E-state index in [0.717, 1.165) is 0 Å². The number of ether oxygens (including phenoxy) is 1. The van der Waals surface area contributed by atoms with Crippen molar-refractivity contribution in [2.75, 3.05) is 25.5 Å². The van der Waals surface area contributed by atoms with Crippen LogP contribution < -0.4 is 10.1 Å². The van der Waals surface area contributed by atoms with Crippen molar-refractivity contribution < 1.29 is 17.9 Å². The van der Waals surface area contributed by atoms with E-state index >= 15 is 0 Å². The zero-order valence-corrected chi connectivity index (χ0v) is 15.0. The largest absolute Gasteiger partial charge is 0.497 e. The number of sulfone groups is 1. The Balaban J connectivity index is 1.60. The highest BCUT2D eigenvalue weighted by Gasteiger charge is 2.40. The summed E-state index contributed by atoms with van der Waals surface area (Å²) in [6.07, 6.45) is 0. The van der Waals surface area contributed by atoms with E-state index in [-0.39, 0.29) is 24.0 Å². The van der Waals surface area contributed by atoms with E-state index in [9.17, 15) is 13.2 Å². The molecule has 0 spiro atoms. The number of amides is 2. The Kier molecular flexibility index (Phi) is 4.87. The fourth-order valence-corrected chi connectivity index (χ4v) is 4.27. The van der Waals surface area contributed by atoms with Crippen LogP contribution in [0.25, 0.3) is 0 Å². The fourth-order valence-electron chi connectivity index (χ4n) is 2.49. The Bertz CT molecular complexity index is 861. The third-order valence-electron chi connectivity index (χ3n) is 4.06. The summed E-state index contributed by atoms with van der Waals surface area (Å²) in [7, 11) is -1.95. The van der Waals surface area contributed by atoms with Crippen LogP contribution in [0.4, 0.5) is 10.5 Å². The van der Waals surface area contributed by atoms with Crippen molar-refractivity contribution in [2.24, 2.45) is 0 Å². The Labute approximate surface area is 151 Å². The highest BCUT2D eigenvalue weighted by molar-refractivity contribution is 7.92. The molecule has 8 heteroatoms. The lowest BCUT2D eigenvalue weighted by molar-refractivity contribution is 0.182. The lowest BCUT2D eigenvalue weighted by Gasteiger charge is -2.38. The zero-order valence-electron chi connectivity index (χ0n) is 13.5. The molecule has 0 aliphatic carbocycles. The maximum Gasteiger partial charge on any atom is 0.321 e.